The van der Waals surface area contributed by atoms with E-state index in [1.807, 2.05) is 0 Å². The molecular weight excluding hydrogens is 104 g/mol. The fraction of sp³-hybridized carbons (Fsp3) is 1.00. The maximum atomic E-state index is 5.17. The Hall–Kier alpha value is -0.0800. The number of epoxide rings is 2. The first-order valence-corrected chi connectivity index (χ1v) is 3.04. The molecule has 0 aromatic carbocycles. The van der Waals surface area contributed by atoms with E-state index in [0.29, 0.717) is 6.10 Å². The molecule has 0 amide bonds. The summed E-state index contributed by atoms with van der Waals surface area (Å²) in [6, 6.07) is 0. The zero-order chi connectivity index (χ0) is 5.61. The fourth-order valence-corrected chi connectivity index (χ4v) is 0.909. The molecular formula is C6H10O2. The van der Waals surface area contributed by atoms with Crippen molar-refractivity contribution in [2.24, 2.45) is 0 Å². The van der Waals surface area contributed by atoms with Crippen molar-refractivity contribution in [3.63, 3.8) is 0 Å². The summed E-state index contributed by atoms with van der Waals surface area (Å²) in [6.07, 6.45) is 1.63. The quantitative estimate of drug-likeness (QED) is 0.490. The van der Waals surface area contributed by atoms with E-state index < -0.39 is 0 Å². The van der Waals surface area contributed by atoms with Crippen LogP contribution in [0.2, 0.25) is 0 Å². The van der Waals surface area contributed by atoms with Gasteiger partial charge in [-0.3, -0.25) is 0 Å². The van der Waals surface area contributed by atoms with Gasteiger partial charge in [0.1, 0.15) is 0 Å². The Morgan fingerprint density at radius 1 is 1.75 bits per heavy atom. The average molecular weight is 114 g/mol. The number of rotatable bonds is 2. The highest BCUT2D eigenvalue weighted by Crippen LogP contribution is 2.35. The van der Waals surface area contributed by atoms with Gasteiger partial charge in [0.05, 0.1) is 24.9 Å². The Morgan fingerprint density at radius 3 is 2.75 bits per heavy atom. The molecule has 0 spiro atoms. The average Bonchev–Trinajstić information content (AvgIpc) is 2.49. The van der Waals surface area contributed by atoms with Crippen molar-refractivity contribution in [3.8, 4) is 0 Å². The Bertz CT molecular complexity index is 103. The third-order valence-corrected chi connectivity index (χ3v) is 1.70. The van der Waals surface area contributed by atoms with E-state index >= 15 is 0 Å². The van der Waals surface area contributed by atoms with Crippen LogP contribution in [-0.2, 0) is 9.47 Å². The monoisotopic (exact) mass is 114 g/mol. The Morgan fingerprint density at radius 2 is 2.38 bits per heavy atom. The van der Waals surface area contributed by atoms with Crippen LogP contribution in [0.3, 0.4) is 0 Å². The van der Waals surface area contributed by atoms with E-state index in [1.54, 1.807) is 0 Å². The molecule has 2 atom stereocenters. The molecule has 0 radical (unpaired) electrons. The van der Waals surface area contributed by atoms with Gasteiger partial charge >= 0.3 is 0 Å². The van der Waals surface area contributed by atoms with E-state index in [-0.39, 0.29) is 5.60 Å². The molecule has 2 unspecified atom stereocenters. The van der Waals surface area contributed by atoms with Crippen molar-refractivity contribution in [1.29, 1.82) is 0 Å². The maximum absolute atomic E-state index is 5.17. The third-order valence-electron chi connectivity index (χ3n) is 1.70. The highest BCUT2D eigenvalue weighted by molar-refractivity contribution is 4.92. The van der Waals surface area contributed by atoms with Gasteiger partial charge in [-0.15, -0.1) is 0 Å². The van der Waals surface area contributed by atoms with E-state index in [4.69, 9.17) is 9.47 Å². The molecule has 2 aliphatic rings. The first-order valence-electron chi connectivity index (χ1n) is 3.04. The van der Waals surface area contributed by atoms with Gasteiger partial charge in [-0.1, -0.05) is 0 Å². The molecule has 0 saturated carbocycles. The van der Waals surface area contributed by atoms with Crippen molar-refractivity contribution in [3.05, 3.63) is 0 Å². The molecule has 2 saturated heterocycles. The minimum absolute atomic E-state index is 0.209. The van der Waals surface area contributed by atoms with Crippen LogP contribution in [0.25, 0.3) is 0 Å². The summed E-state index contributed by atoms with van der Waals surface area (Å²) >= 11 is 0. The second-order valence-electron chi connectivity index (χ2n) is 2.90. The van der Waals surface area contributed by atoms with Crippen LogP contribution in [0, 0.1) is 0 Å². The highest BCUT2D eigenvalue weighted by atomic mass is 16.6. The second kappa shape index (κ2) is 1.25. The van der Waals surface area contributed by atoms with Crippen molar-refractivity contribution in [2.75, 3.05) is 13.2 Å². The largest absolute Gasteiger partial charge is 0.373 e. The van der Waals surface area contributed by atoms with Gasteiger partial charge in [-0.2, -0.15) is 0 Å². The predicted molar refractivity (Wildman–Crippen MR) is 28.7 cm³/mol. The molecule has 0 aliphatic carbocycles. The molecule has 2 fully saturated rings. The first-order chi connectivity index (χ1) is 3.79. The van der Waals surface area contributed by atoms with Crippen LogP contribution in [0.5, 0.6) is 0 Å². The van der Waals surface area contributed by atoms with Crippen LogP contribution in [0.4, 0.5) is 0 Å². The first kappa shape index (κ1) is 4.77. The zero-order valence-electron chi connectivity index (χ0n) is 5.02. The minimum Gasteiger partial charge on any atom is -0.373 e. The highest BCUT2D eigenvalue weighted by Gasteiger charge is 2.44. The molecule has 2 aliphatic heterocycles. The topological polar surface area (TPSA) is 25.1 Å². The molecule has 2 rings (SSSR count). The molecule has 2 nitrogen and oxygen atoms in total. The molecule has 2 heterocycles. The molecule has 0 N–H and O–H groups in total. The van der Waals surface area contributed by atoms with E-state index in [1.165, 1.54) is 0 Å². The lowest BCUT2D eigenvalue weighted by atomic mass is 10.1. The van der Waals surface area contributed by atoms with Crippen molar-refractivity contribution < 1.29 is 9.47 Å². The van der Waals surface area contributed by atoms with Crippen LogP contribution >= 0.6 is 0 Å². The SMILES string of the molecule is CC1(CC2CO2)CO1. The van der Waals surface area contributed by atoms with Crippen molar-refractivity contribution in [2.45, 2.75) is 25.0 Å². The van der Waals surface area contributed by atoms with Gasteiger partial charge in [0.15, 0.2) is 0 Å². The van der Waals surface area contributed by atoms with Gasteiger partial charge < -0.3 is 9.47 Å². The molecule has 0 bridgehead atoms. The smallest absolute Gasteiger partial charge is 0.0914 e. The summed E-state index contributed by atoms with van der Waals surface area (Å²) in [7, 11) is 0. The molecule has 0 aromatic heterocycles. The molecule has 8 heavy (non-hydrogen) atoms. The zero-order valence-corrected chi connectivity index (χ0v) is 5.02. The second-order valence-corrected chi connectivity index (χ2v) is 2.90. The van der Waals surface area contributed by atoms with Gasteiger partial charge in [0.2, 0.25) is 0 Å². The van der Waals surface area contributed by atoms with Gasteiger partial charge in [-0.25, -0.2) is 0 Å². The fourth-order valence-electron chi connectivity index (χ4n) is 0.909. The van der Waals surface area contributed by atoms with Crippen molar-refractivity contribution >= 4 is 0 Å². The lowest BCUT2D eigenvalue weighted by Crippen LogP contribution is -2.07. The summed E-state index contributed by atoms with van der Waals surface area (Å²) in [5.41, 5.74) is 0.209. The van der Waals surface area contributed by atoms with Crippen LogP contribution in [-0.4, -0.2) is 24.9 Å². The van der Waals surface area contributed by atoms with Crippen molar-refractivity contribution in [1.82, 2.24) is 0 Å². The summed E-state index contributed by atoms with van der Waals surface area (Å²) in [5.74, 6) is 0. The summed E-state index contributed by atoms with van der Waals surface area (Å²) in [4.78, 5) is 0. The van der Waals surface area contributed by atoms with Gasteiger partial charge in [-0.05, 0) is 6.92 Å². The summed E-state index contributed by atoms with van der Waals surface area (Å²) in [5, 5.41) is 0. The number of hydrogen-bond donors (Lipinski definition) is 0. The van der Waals surface area contributed by atoms with Crippen LogP contribution in [0.15, 0.2) is 0 Å². The molecule has 46 valence electrons. The standard InChI is InChI=1S/C6H10O2/c1-6(4-8-6)2-5-3-7-5/h5H,2-4H2,1H3. The van der Waals surface area contributed by atoms with Gasteiger partial charge in [0, 0.05) is 6.42 Å². The van der Waals surface area contributed by atoms with Gasteiger partial charge in [0.25, 0.3) is 0 Å². The minimum atomic E-state index is 0.209. The van der Waals surface area contributed by atoms with E-state index in [9.17, 15) is 0 Å². The molecule has 0 aromatic rings. The lowest BCUT2D eigenvalue weighted by Gasteiger charge is -1.97. The van der Waals surface area contributed by atoms with E-state index in [0.717, 1.165) is 19.6 Å². The predicted octanol–water partition coefficient (Wildman–Crippen LogP) is 0.564. The molecule has 2 heteroatoms. The number of ether oxygens (including phenoxy) is 2. The normalized spacial score (nSPS) is 51.4. The lowest BCUT2D eigenvalue weighted by molar-refractivity contribution is 0.277. The Labute approximate surface area is 48.8 Å². The van der Waals surface area contributed by atoms with E-state index in [2.05, 4.69) is 6.92 Å². The summed E-state index contributed by atoms with van der Waals surface area (Å²) < 4.78 is 10.2. The summed E-state index contributed by atoms with van der Waals surface area (Å²) in [6.45, 7) is 4.03. The van der Waals surface area contributed by atoms with Crippen LogP contribution in [0.1, 0.15) is 13.3 Å². The van der Waals surface area contributed by atoms with Crippen LogP contribution < -0.4 is 0 Å². The Kier molecular flexibility index (Phi) is 0.746. The third kappa shape index (κ3) is 0.858. The number of hydrogen-bond acceptors (Lipinski definition) is 2. The Balaban J connectivity index is 1.81. The maximum Gasteiger partial charge on any atom is 0.0914 e.